The van der Waals surface area contributed by atoms with Crippen molar-refractivity contribution in [2.45, 2.75) is 12.8 Å². The molecule has 0 aliphatic carbocycles. The van der Waals surface area contributed by atoms with Gasteiger partial charge in [0.1, 0.15) is 23.1 Å². The Kier molecular flexibility index (Phi) is 6.99. The Morgan fingerprint density at radius 3 is 2.27 bits per heavy atom. The van der Waals surface area contributed by atoms with Gasteiger partial charge in [-0.05, 0) is 44.1 Å². The maximum Gasteiger partial charge on any atom is 0.238 e. The third-order valence-corrected chi connectivity index (χ3v) is 5.15. The first kappa shape index (κ1) is 21.7. The molecule has 2 aromatic carbocycles. The Morgan fingerprint density at radius 1 is 1.03 bits per heavy atom. The predicted octanol–water partition coefficient (Wildman–Crippen LogP) is 3.52. The second kappa shape index (κ2) is 9.67. The zero-order valence-corrected chi connectivity index (χ0v) is 16.9. The normalized spacial score (nSPS) is 14.9. The fourth-order valence-corrected chi connectivity index (χ4v) is 3.54. The van der Waals surface area contributed by atoms with Crippen LogP contribution in [0.25, 0.3) is 0 Å². The molecule has 6 nitrogen and oxygen atoms in total. The number of hydrogen-bond donors (Lipinski definition) is 1. The van der Waals surface area contributed by atoms with Crippen LogP contribution in [0.5, 0.6) is 11.5 Å². The fraction of sp³-hybridized carbons (Fsp3) is 0.364. The van der Waals surface area contributed by atoms with Crippen molar-refractivity contribution in [1.29, 1.82) is 0 Å². The van der Waals surface area contributed by atoms with E-state index in [2.05, 4.69) is 5.32 Å². The number of ketones is 1. The summed E-state index contributed by atoms with van der Waals surface area (Å²) in [7, 11) is 3.06. The van der Waals surface area contributed by atoms with Crippen LogP contribution >= 0.6 is 0 Å². The molecule has 1 heterocycles. The Bertz CT molecular complexity index is 905. The van der Waals surface area contributed by atoms with Gasteiger partial charge in [0, 0.05) is 29.8 Å². The van der Waals surface area contributed by atoms with Crippen molar-refractivity contribution < 1.29 is 27.8 Å². The second-order valence-electron chi connectivity index (χ2n) is 7.19. The Hall–Kier alpha value is -3.00. The van der Waals surface area contributed by atoms with Gasteiger partial charge < -0.3 is 14.8 Å². The number of rotatable bonds is 7. The summed E-state index contributed by atoms with van der Waals surface area (Å²) >= 11 is 0. The van der Waals surface area contributed by atoms with E-state index in [0.29, 0.717) is 43.1 Å². The number of nitrogens with one attached hydrogen (secondary N) is 1. The van der Waals surface area contributed by atoms with Crippen molar-refractivity contribution in [1.82, 2.24) is 4.90 Å². The largest absolute Gasteiger partial charge is 0.497 e. The number of methoxy groups -OCH3 is 2. The first-order valence-electron chi connectivity index (χ1n) is 9.64. The highest BCUT2D eigenvalue weighted by molar-refractivity contribution is 5.98. The molecular weight excluding hydrogens is 394 g/mol. The zero-order chi connectivity index (χ0) is 21.7. The van der Waals surface area contributed by atoms with Gasteiger partial charge in [0.25, 0.3) is 0 Å². The number of hydrogen-bond acceptors (Lipinski definition) is 5. The summed E-state index contributed by atoms with van der Waals surface area (Å²) < 4.78 is 37.6. The third kappa shape index (κ3) is 5.33. The number of amides is 1. The lowest BCUT2D eigenvalue weighted by Crippen LogP contribution is -2.40. The summed E-state index contributed by atoms with van der Waals surface area (Å²) in [6.07, 6.45) is 0.962. The number of halogens is 2. The highest BCUT2D eigenvalue weighted by atomic mass is 19.1. The molecule has 1 N–H and O–H groups in total. The molecule has 1 aliphatic heterocycles. The minimum atomic E-state index is -0.711. The Balaban J connectivity index is 1.54. The number of carbonyl (C=O) groups excluding carboxylic acids is 2. The van der Waals surface area contributed by atoms with Gasteiger partial charge in [-0.2, -0.15) is 0 Å². The van der Waals surface area contributed by atoms with Crippen molar-refractivity contribution in [3.05, 3.63) is 53.6 Å². The predicted molar refractivity (Wildman–Crippen MR) is 108 cm³/mol. The van der Waals surface area contributed by atoms with Crippen molar-refractivity contribution in [3.8, 4) is 11.5 Å². The number of benzene rings is 2. The monoisotopic (exact) mass is 418 g/mol. The number of nitrogens with zero attached hydrogens (tertiary/aromatic N) is 1. The summed E-state index contributed by atoms with van der Waals surface area (Å²) in [5.41, 5.74) is 0.348. The highest BCUT2D eigenvalue weighted by Gasteiger charge is 2.28. The molecular formula is C22H24F2N2O4. The summed E-state index contributed by atoms with van der Waals surface area (Å²) in [4.78, 5) is 26.9. The van der Waals surface area contributed by atoms with E-state index in [1.165, 1.54) is 14.2 Å². The van der Waals surface area contributed by atoms with Crippen molar-refractivity contribution >= 4 is 17.4 Å². The van der Waals surface area contributed by atoms with Crippen LogP contribution < -0.4 is 14.8 Å². The van der Waals surface area contributed by atoms with Gasteiger partial charge >= 0.3 is 0 Å². The summed E-state index contributed by atoms with van der Waals surface area (Å²) in [6, 6.07) is 8.00. The topological polar surface area (TPSA) is 67.9 Å². The Labute approximate surface area is 173 Å². The first-order chi connectivity index (χ1) is 14.4. The van der Waals surface area contributed by atoms with E-state index >= 15 is 0 Å². The lowest BCUT2D eigenvalue weighted by atomic mass is 9.88. The lowest BCUT2D eigenvalue weighted by molar-refractivity contribution is -0.117. The van der Waals surface area contributed by atoms with E-state index in [-0.39, 0.29) is 29.7 Å². The van der Waals surface area contributed by atoms with E-state index in [1.54, 1.807) is 18.2 Å². The smallest absolute Gasteiger partial charge is 0.238 e. The summed E-state index contributed by atoms with van der Waals surface area (Å²) in [6.45, 7) is 1.19. The second-order valence-corrected chi connectivity index (χ2v) is 7.19. The zero-order valence-electron chi connectivity index (χ0n) is 16.9. The molecule has 0 saturated carbocycles. The van der Waals surface area contributed by atoms with Crippen LogP contribution in [0.1, 0.15) is 23.2 Å². The molecule has 8 heteroatoms. The first-order valence-corrected chi connectivity index (χ1v) is 9.64. The molecule has 3 rings (SSSR count). The molecule has 0 bridgehead atoms. The van der Waals surface area contributed by atoms with Gasteiger partial charge in [-0.3, -0.25) is 14.5 Å². The minimum Gasteiger partial charge on any atom is -0.497 e. The summed E-state index contributed by atoms with van der Waals surface area (Å²) in [5, 5.41) is 2.81. The number of carbonyl (C=O) groups is 2. The molecule has 160 valence electrons. The molecule has 0 spiro atoms. The van der Waals surface area contributed by atoms with Crippen LogP contribution in [0, 0.1) is 17.6 Å². The molecule has 1 fully saturated rings. The van der Waals surface area contributed by atoms with E-state index in [9.17, 15) is 18.4 Å². The van der Waals surface area contributed by atoms with Crippen LogP contribution in [0.4, 0.5) is 14.5 Å². The third-order valence-electron chi connectivity index (χ3n) is 5.15. The molecule has 0 atom stereocenters. The number of piperidine rings is 1. The molecule has 0 radical (unpaired) electrons. The van der Waals surface area contributed by atoms with Crippen molar-refractivity contribution in [3.63, 3.8) is 0 Å². The van der Waals surface area contributed by atoms with Gasteiger partial charge in [0.2, 0.25) is 5.91 Å². The van der Waals surface area contributed by atoms with E-state index < -0.39 is 11.6 Å². The number of anilines is 1. The SMILES string of the molecule is COc1cc(NC(=O)CN2CCC(C(=O)c3cc(F)ccc3F)CC2)cc(OC)c1. The van der Waals surface area contributed by atoms with Gasteiger partial charge in [0.05, 0.1) is 26.3 Å². The standard InChI is InChI=1S/C22H24F2N2O4/c1-29-17-10-16(11-18(12-17)30-2)25-21(27)13-26-7-5-14(6-8-26)22(28)19-9-15(23)3-4-20(19)24/h3-4,9-12,14H,5-8,13H2,1-2H3,(H,25,27). The van der Waals surface area contributed by atoms with E-state index in [4.69, 9.17) is 9.47 Å². The van der Waals surface area contributed by atoms with Crippen molar-refractivity contribution in [2.24, 2.45) is 5.92 Å². The summed E-state index contributed by atoms with van der Waals surface area (Å²) in [5.74, 6) is -1.20. The maximum absolute atomic E-state index is 13.9. The van der Waals surface area contributed by atoms with Gasteiger partial charge in [-0.1, -0.05) is 0 Å². The van der Waals surface area contributed by atoms with Crippen LogP contribution in [0.15, 0.2) is 36.4 Å². The van der Waals surface area contributed by atoms with Gasteiger partial charge in [0.15, 0.2) is 5.78 Å². The highest BCUT2D eigenvalue weighted by Crippen LogP contribution is 2.26. The van der Waals surface area contributed by atoms with Crippen LogP contribution in [-0.4, -0.2) is 50.4 Å². The Morgan fingerprint density at radius 2 is 1.67 bits per heavy atom. The molecule has 1 aliphatic rings. The molecule has 0 aromatic heterocycles. The molecule has 1 saturated heterocycles. The van der Waals surface area contributed by atoms with E-state index in [1.807, 2.05) is 4.90 Å². The number of likely N-dealkylation sites (tertiary alicyclic amines) is 1. The van der Waals surface area contributed by atoms with Gasteiger partial charge in [-0.25, -0.2) is 8.78 Å². The van der Waals surface area contributed by atoms with E-state index in [0.717, 1.165) is 18.2 Å². The molecule has 1 amide bonds. The molecule has 2 aromatic rings. The average Bonchev–Trinajstić information content (AvgIpc) is 2.75. The quantitative estimate of drug-likeness (QED) is 0.697. The number of ether oxygens (including phenoxy) is 2. The van der Waals surface area contributed by atoms with Gasteiger partial charge in [-0.15, -0.1) is 0 Å². The fourth-order valence-electron chi connectivity index (χ4n) is 3.54. The van der Waals surface area contributed by atoms with Crippen LogP contribution in [0.3, 0.4) is 0 Å². The van der Waals surface area contributed by atoms with Crippen molar-refractivity contribution in [2.75, 3.05) is 39.2 Å². The van der Waals surface area contributed by atoms with Crippen LogP contribution in [0.2, 0.25) is 0 Å². The minimum absolute atomic E-state index is 0.161. The maximum atomic E-state index is 13.9. The molecule has 30 heavy (non-hydrogen) atoms. The van der Waals surface area contributed by atoms with Crippen LogP contribution in [-0.2, 0) is 4.79 Å². The number of Topliss-reactive ketones (excluding diaryl/α,β-unsaturated/α-hetero) is 1. The lowest BCUT2D eigenvalue weighted by Gasteiger charge is -2.30. The average molecular weight is 418 g/mol. The molecule has 0 unspecified atom stereocenters.